The number of hydrogen-bond donors (Lipinski definition) is 2. The number of hydrogen-bond acceptors (Lipinski definition) is 3. The molecule has 1 aromatic rings. The minimum Gasteiger partial charge on any atom is -0.491 e. The van der Waals surface area contributed by atoms with E-state index in [0.717, 1.165) is 29.8 Å². The molecule has 0 spiro atoms. The van der Waals surface area contributed by atoms with E-state index in [2.05, 4.69) is 19.2 Å². The first kappa shape index (κ1) is 12.7. The molecule has 0 aliphatic carbocycles. The van der Waals surface area contributed by atoms with Gasteiger partial charge in [-0.15, -0.1) is 0 Å². The van der Waals surface area contributed by atoms with Crippen LogP contribution in [0.15, 0.2) is 12.1 Å². The standard InChI is InChI=1S/C14H20N2O2/c1-9(2)5-6-18-13-7-10-3-4-14(17)16-12(10)8-11(13)15/h7-9H,3-6,15H2,1-2H3,(H,16,17). The summed E-state index contributed by atoms with van der Waals surface area (Å²) in [5.74, 6) is 1.39. The lowest BCUT2D eigenvalue weighted by Gasteiger charge is -2.19. The number of nitrogens with one attached hydrogen (secondary N) is 1. The molecule has 3 N–H and O–H groups in total. The van der Waals surface area contributed by atoms with Gasteiger partial charge in [0, 0.05) is 12.1 Å². The first-order chi connectivity index (χ1) is 8.56. The van der Waals surface area contributed by atoms with E-state index in [1.807, 2.05) is 6.07 Å². The number of fused-ring (bicyclic) bond motifs is 1. The van der Waals surface area contributed by atoms with Gasteiger partial charge in [0.15, 0.2) is 0 Å². The number of nitrogens with two attached hydrogens (primary N) is 1. The first-order valence-corrected chi connectivity index (χ1v) is 6.41. The van der Waals surface area contributed by atoms with Crippen LogP contribution in [0.5, 0.6) is 5.75 Å². The summed E-state index contributed by atoms with van der Waals surface area (Å²) >= 11 is 0. The minimum atomic E-state index is 0.0513. The van der Waals surface area contributed by atoms with E-state index < -0.39 is 0 Å². The normalized spacial score (nSPS) is 14.3. The molecule has 98 valence electrons. The van der Waals surface area contributed by atoms with E-state index in [9.17, 15) is 4.79 Å². The maximum Gasteiger partial charge on any atom is 0.224 e. The van der Waals surface area contributed by atoms with Crippen molar-refractivity contribution in [3.8, 4) is 5.75 Å². The SMILES string of the molecule is CC(C)CCOc1cc2c(cc1N)NC(=O)CC2. The number of rotatable bonds is 4. The zero-order valence-corrected chi connectivity index (χ0v) is 11.0. The monoisotopic (exact) mass is 248 g/mol. The summed E-state index contributed by atoms with van der Waals surface area (Å²) in [7, 11) is 0. The fraction of sp³-hybridized carbons (Fsp3) is 0.500. The number of benzene rings is 1. The molecule has 0 saturated heterocycles. The number of ether oxygens (including phenoxy) is 1. The molecule has 0 radical (unpaired) electrons. The number of nitrogen functional groups attached to an aromatic ring is 1. The number of aryl methyl sites for hydroxylation is 1. The van der Waals surface area contributed by atoms with Crippen molar-refractivity contribution >= 4 is 17.3 Å². The average molecular weight is 248 g/mol. The van der Waals surface area contributed by atoms with Crippen LogP contribution in [0.25, 0.3) is 0 Å². The van der Waals surface area contributed by atoms with Crippen LogP contribution in [-0.4, -0.2) is 12.5 Å². The molecule has 0 atom stereocenters. The second-order valence-electron chi connectivity index (χ2n) is 5.13. The molecule has 0 unspecified atom stereocenters. The summed E-state index contributed by atoms with van der Waals surface area (Å²) in [4.78, 5) is 11.3. The molecular formula is C14H20N2O2. The van der Waals surface area contributed by atoms with Crippen molar-refractivity contribution in [2.75, 3.05) is 17.7 Å². The van der Waals surface area contributed by atoms with Crippen LogP contribution in [0, 0.1) is 5.92 Å². The molecule has 0 fully saturated rings. The second kappa shape index (κ2) is 5.29. The van der Waals surface area contributed by atoms with Gasteiger partial charge in [0.1, 0.15) is 5.75 Å². The Morgan fingerprint density at radius 2 is 2.17 bits per heavy atom. The number of amides is 1. The molecule has 1 amide bonds. The highest BCUT2D eigenvalue weighted by atomic mass is 16.5. The molecule has 4 heteroatoms. The Labute approximate surface area is 108 Å². The molecule has 1 heterocycles. The van der Waals surface area contributed by atoms with Crippen molar-refractivity contribution < 1.29 is 9.53 Å². The van der Waals surface area contributed by atoms with E-state index in [1.165, 1.54) is 0 Å². The lowest BCUT2D eigenvalue weighted by atomic mass is 10.0. The van der Waals surface area contributed by atoms with Crippen molar-refractivity contribution in [2.24, 2.45) is 5.92 Å². The summed E-state index contributed by atoms with van der Waals surface area (Å²) in [6.07, 6.45) is 2.29. The summed E-state index contributed by atoms with van der Waals surface area (Å²) in [6.45, 7) is 5.00. The maximum absolute atomic E-state index is 11.3. The van der Waals surface area contributed by atoms with Crippen LogP contribution in [0.1, 0.15) is 32.3 Å². The highest BCUT2D eigenvalue weighted by Gasteiger charge is 2.17. The fourth-order valence-electron chi connectivity index (χ4n) is 1.95. The Balaban J connectivity index is 2.10. The van der Waals surface area contributed by atoms with Crippen LogP contribution in [0.3, 0.4) is 0 Å². The summed E-state index contributed by atoms with van der Waals surface area (Å²) in [6, 6.07) is 3.74. The molecule has 0 bridgehead atoms. The van der Waals surface area contributed by atoms with Crippen LogP contribution < -0.4 is 15.8 Å². The third-order valence-corrected chi connectivity index (χ3v) is 3.08. The highest BCUT2D eigenvalue weighted by molar-refractivity contribution is 5.94. The van der Waals surface area contributed by atoms with Crippen molar-refractivity contribution in [3.05, 3.63) is 17.7 Å². The van der Waals surface area contributed by atoms with Gasteiger partial charge in [0.25, 0.3) is 0 Å². The second-order valence-corrected chi connectivity index (χ2v) is 5.13. The van der Waals surface area contributed by atoms with Gasteiger partial charge in [-0.1, -0.05) is 13.8 Å². The fourth-order valence-corrected chi connectivity index (χ4v) is 1.95. The number of carbonyl (C=O) groups is 1. The smallest absolute Gasteiger partial charge is 0.224 e. The molecule has 0 aromatic heterocycles. The van der Waals surface area contributed by atoms with E-state index in [-0.39, 0.29) is 5.91 Å². The zero-order chi connectivity index (χ0) is 13.1. The van der Waals surface area contributed by atoms with Crippen molar-refractivity contribution in [3.63, 3.8) is 0 Å². The predicted octanol–water partition coefficient (Wildman–Crippen LogP) is 2.58. The molecular weight excluding hydrogens is 228 g/mol. The van der Waals surface area contributed by atoms with Gasteiger partial charge in [-0.3, -0.25) is 4.79 Å². The number of carbonyl (C=O) groups excluding carboxylic acids is 1. The van der Waals surface area contributed by atoms with Gasteiger partial charge in [-0.25, -0.2) is 0 Å². The molecule has 1 aromatic carbocycles. The van der Waals surface area contributed by atoms with Gasteiger partial charge in [0.2, 0.25) is 5.91 Å². The van der Waals surface area contributed by atoms with E-state index in [4.69, 9.17) is 10.5 Å². The van der Waals surface area contributed by atoms with E-state index >= 15 is 0 Å². The lowest BCUT2D eigenvalue weighted by molar-refractivity contribution is -0.116. The Morgan fingerprint density at radius 3 is 2.89 bits per heavy atom. The van der Waals surface area contributed by atoms with Crippen LogP contribution in [-0.2, 0) is 11.2 Å². The Bertz CT molecular complexity index is 455. The molecule has 1 aliphatic rings. The van der Waals surface area contributed by atoms with Gasteiger partial charge < -0.3 is 15.8 Å². The van der Waals surface area contributed by atoms with E-state index in [1.54, 1.807) is 6.07 Å². The van der Waals surface area contributed by atoms with Crippen LogP contribution >= 0.6 is 0 Å². The Hall–Kier alpha value is -1.71. The summed E-state index contributed by atoms with van der Waals surface area (Å²) in [5, 5.41) is 2.83. The average Bonchev–Trinajstić information content (AvgIpc) is 2.29. The van der Waals surface area contributed by atoms with Crippen molar-refractivity contribution in [1.82, 2.24) is 0 Å². The molecule has 0 saturated carbocycles. The van der Waals surface area contributed by atoms with Gasteiger partial charge in [-0.2, -0.15) is 0 Å². The molecule has 18 heavy (non-hydrogen) atoms. The maximum atomic E-state index is 11.3. The Morgan fingerprint density at radius 1 is 1.39 bits per heavy atom. The topological polar surface area (TPSA) is 64.3 Å². The molecule has 1 aliphatic heterocycles. The predicted molar refractivity (Wildman–Crippen MR) is 72.8 cm³/mol. The van der Waals surface area contributed by atoms with Crippen molar-refractivity contribution in [2.45, 2.75) is 33.1 Å². The third kappa shape index (κ3) is 2.94. The molecule has 4 nitrogen and oxygen atoms in total. The van der Waals surface area contributed by atoms with Gasteiger partial charge in [-0.05, 0) is 36.5 Å². The number of anilines is 2. The lowest BCUT2D eigenvalue weighted by Crippen LogP contribution is -2.19. The van der Waals surface area contributed by atoms with Crippen LogP contribution in [0.4, 0.5) is 11.4 Å². The highest BCUT2D eigenvalue weighted by Crippen LogP contribution is 2.32. The van der Waals surface area contributed by atoms with E-state index in [0.29, 0.717) is 24.6 Å². The summed E-state index contributed by atoms with van der Waals surface area (Å²) in [5.41, 5.74) is 8.43. The quantitative estimate of drug-likeness (QED) is 0.805. The largest absolute Gasteiger partial charge is 0.491 e. The zero-order valence-electron chi connectivity index (χ0n) is 11.0. The minimum absolute atomic E-state index is 0.0513. The third-order valence-electron chi connectivity index (χ3n) is 3.08. The summed E-state index contributed by atoms with van der Waals surface area (Å²) < 4.78 is 5.70. The van der Waals surface area contributed by atoms with Crippen molar-refractivity contribution in [1.29, 1.82) is 0 Å². The first-order valence-electron chi connectivity index (χ1n) is 6.41. The Kier molecular flexibility index (Phi) is 3.75. The van der Waals surface area contributed by atoms with Crippen LogP contribution in [0.2, 0.25) is 0 Å². The van der Waals surface area contributed by atoms with Gasteiger partial charge >= 0.3 is 0 Å². The molecule has 2 rings (SSSR count). The van der Waals surface area contributed by atoms with Gasteiger partial charge in [0.05, 0.1) is 12.3 Å².